The number of benzene rings is 3. The zero-order valence-corrected chi connectivity index (χ0v) is 12.1. The first-order valence-corrected chi connectivity index (χ1v) is 7.19. The molecule has 0 saturated heterocycles. The molecule has 0 saturated carbocycles. The van der Waals surface area contributed by atoms with Crippen LogP contribution in [0.2, 0.25) is 0 Å². The van der Waals surface area contributed by atoms with Gasteiger partial charge >= 0.3 is 0 Å². The highest BCUT2D eigenvalue weighted by molar-refractivity contribution is 5.97. The predicted octanol–water partition coefficient (Wildman–Crippen LogP) is 3.69. The summed E-state index contributed by atoms with van der Waals surface area (Å²) >= 11 is 0. The van der Waals surface area contributed by atoms with Crippen molar-refractivity contribution in [1.82, 2.24) is 5.17 Å². The second kappa shape index (κ2) is 4.73. The molecule has 1 unspecified atom stereocenters. The maximum Gasteiger partial charge on any atom is 0.115 e. The van der Waals surface area contributed by atoms with E-state index in [1.807, 2.05) is 31.3 Å². The topological polar surface area (TPSA) is 46.9 Å². The van der Waals surface area contributed by atoms with Crippen molar-refractivity contribution in [3.05, 3.63) is 71.8 Å². The van der Waals surface area contributed by atoms with Crippen molar-refractivity contribution < 1.29 is 10.3 Å². The Morgan fingerprint density at radius 3 is 2.41 bits per heavy atom. The van der Waals surface area contributed by atoms with E-state index in [4.69, 9.17) is 0 Å². The highest BCUT2D eigenvalue weighted by Crippen LogP contribution is 2.45. The molecule has 0 amide bonds. The molecule has 1 heterocycles. The van der Waals surface area contributed by atoms with Crippen molar-refractivity contribution in [2.24, 2.45) is 0 Å². The zero-order valence-electron chi connectivity index (χ0n) is 12.1. The first kappa shape index (κ1) is 13.1. The molecule has 0 fully saturated rings. The van der Waals surface area contributed by atoms with Crippen molar-refractivity contribution in [1.29, 1.82) is 0 Å². The smallest absolute Gasteiger partial charge is 0.115 e. The fraction of sp³-hybridized carbons (Fsp3) is 0.111. The summed E-state index contributed by atoms with van der Waals surface area (Å²) in [5.41, 5.74) is 2.99. The van der Waals surface area contributed by atoms with Gasteiger partial charge in [-0.1, -0.05) is 53.7 Å². The molecule has 1 aliphatic rings. The Bertz CT molecular complexity index is 845. The van der Waals surface area contributed by atoms with Crippen LogP contribution in [-0.4, -0.2) is 22.5 Å². The van der Waals surface area contributed by atoms with E-state index in [0.717, 1.165) is 27.6 Å². The molecular weight excluding hydrogens is 276 g/mol. The van der Waals surface area contributed by atoms with E-state index < -0.39 is 0 Å². The van der Waals surface area contributed by atoms with E-state index in [0.29, 0.717) is 0 Å². The fourth-order valence-electron chi connectivity index (χ4n) is 3.22. The minimum atomic E-state index is -0.273. The fourth-order valence-corrected chi connectivity index (χ4v) is 3.22. The molecule has 0 bridgehead atoms. The van der Waals surface area contributed by atoms with Gasteiger partial charge in [0.1, 0.15) is 11.8 Å². The Morgan fingerprint density at radius 2 is 1.64 bits per heavy atom. The van der Waals surface area contributed by atoms with Crippen molar-refractivity contribution >= 4 is 16.5 Å². The molecule has 2 N–H and O–H groups in total. The highest BCUT2D eigenvalue weighted by atomic mass is 16.6. The Hall–Kier alpha value is -2.56. The summed E-state index contributed by atoms with van der Waals surface area (Å²) < 4.78 is 0. The number of phenols is 1. The average Bonchev–Trinajstić information content (AvgIpc) is 2.80. The van der Waals surface area contributed by atoms with E-state index in [2.05, 4.69) is 24.3 Å². The SMILES string of the molecule is CN1c2c(ccc3ccccc23)C(c2ccc(O)cc2)N1O. The number of hydrazine groups is 1. The van der Waals surface area contributed by atoms with E-state index in [1.54, 1.807) is 17.1 Å². The van der Waals surface area contributed by atoms with E-state index in [1.165, 1.54) is 5.17 Å². The quantitative estimate of drug-likeness (QED) is 0.718. The van der Waals surface area contributed by atoms with E-state index in [9.17, 15) is 10.3 Å². The highest BCUT2D eigenvalue weighted by Gasteiger charge is 2.36. The minimum Gasteiger partial charge on any atom is -0.508 e. The maximum atomic E-state index is 10.6. The minimum absolute atomic E-state index is 0.221. The largest absolute Gasteiger partial charge is 0.508 e. The molecule has 110 valence electrons. The molecule has 3 aromatic carbocycles. The maximum absolute atomic E-state index is 10.6. The Labute approximate surface area is 128 Å². The number of hydroxylamine groups is 1. The third-order valence-corrected chi connectivity index (χ3v) is 4.30. The van der Waals surface area contributed by atoms with Crippen LogP contribution in [0.3, 0.4) is 0 Å². The lowest BCUT2D eigenvalue weighted by Gasteiger charge is -2.24. The van der Waals surface area contributed by atoms with Gasteiger partial charge in [-0.05, 0) is 23.1 Å². The Morgan fingerprint density at radius 1 is 0.909 bits per heavy atom. The number of aromatic hydroxyl groups is 1. The first-order chi connectivity index (χ1) is 10.7. The Kier molecular flexibility index (Phi) is 2.82. The summed E-state index contributed by atoms with van der Waals surface area (Å²) in [5, 5.41) is 25.3. The van der Waals surface area contributed by atoms with Crippen LogP contribution in [0.1, 0.15) is 17.2 Å². The lowest BCUT2D eigenvalue weighted by Crippen LogP contribution is -2.34. The molecule has 0 spiro atoms. The molecule has 4 heteroatoms. The molecule has 4 nitrogen and oxygen atoms in total. The van der Waals surface area contributed by atoms with Crippen LogP contribution in [0.5, 0.6) is 5.75 Å². The molecule has 3 aromatic rings. The van der Waals surface area contributed by atoms with Crippen LogP contribution in [-0.2, 0) is 0 Å². The van der Waals surface area contributed by atoms with E-state index >= 15 is 0 Å². The molecule has 1 aliphatic heterocycles. The van der Waals surface area contributed by atoms with Gasteiger partial charge in [-0.3, -0.25) is 10.2 Å². The number of rotatable bonds is 1. The summed E-state index contributed by atoms with van der Waals surface area (Å²) in [5.74, 6) is 0.221. The lowest BCUT2D eigenvalue weighted by atomic mass is 9.96. The second-order valence-corrected chi connectivity index (χ2v) is 5.56. The number of hydrogen-bond acceptors (Lipinski definition) is 4. The van der Waals surface area contributed by atoms with Crippen LogP contribution < -0.4 is 5.01 Å². The number of fused-ring (bicyclic) bond motifs is 3. The van der Waals surface area contributed by atoms with Crippen molar-refractivity contribution in [2.75, 3.05) is 12.1 Å². The molecular formula is C18H16N2O2. The average molecular weight is 292 g/mol. The normalized spacial score (nSPS) is 17.9. The van der Waals surface area contributed by atoms with Gasteiger partial charge in [0, 0.05) is 18.0 Å². The van der Waals surface area contributed by atoms with E-state index in [-0.39, 0.29) is 11.8 Å². The van der Waals surface area contributed by atoms with Crippen molar-refractivity contribution in [3.8, 4) is 5.75 Å². The lowest BCUT2D eigenvalue weighted by molar-refractivity contribution is -0.113. The summed E-state index contributed by atoms with van der Waals surface area (Å²) in [6, 6.07) is 19.0. The van der Waals surface area contributed by atoms with Gasteiger partial charge in [0.05, 0.1) is 5.69 Å². The van der Waals surface area contributed by atoms with Gasteiger partial charge < -0.3 is 5.11 Å². The first-order valence-electron chi connectivity index (χ1n) is 7.19. The van der Waals surface area contributed by atoms with Crippen LogP contribution in [0.4, 0.5) is 5.69 Å². The predicted molar refractivity (Wildman–Crippen MR) is 85.9 cm³/mol. The van der Waals surface area contributed by atoms with Gasteiger partial charge in [-0.15, -0.1) is 0 Å². The molecule has 4 rings (SSSR count). The second-order valence-electron chi connectivity index (χ2n) is 5.56. The van der Waals surface area contributed by atoms with Gasteiger partial charge in [-0.25, -0.2) is 0 Å². The molecule has 0 aromatic heterocycles. The van der Waals surface area contributed by atoms with Gasteiger partial charge in [0.2, 0.25) is 0 Å². The van der Waals surface area contributed by atoms with Crippen LogP contribution in [0.15, 0.2) is 60.7 Å². The van der Waals surface area contributed by atoms with Crippen LogP contribution in [0.25, 0.3) is 10.8 Å². The van der Waals surface area contributed by atoms with Crippen LogP contribution >= 0.6 is 0 Å². The number of anilines is 1. The number of nitrogens with zero attached hydrogens (tertiary/aromatic N) is 2. The monoisotopic (exact) mass is 292 g/mol. The standard InChI is InChI=1S/C18H16N2O2/c1-19-18-15-5-3-2-4-12(15)8-11-16(18)17(20(19)22)13-6-9-14(21)10-7-13/h2-11,17,21-22H,1H3. The molecule has 0 aliphatic carbocycles. The third kappa shape index (κ3) is 1.78. The van der Waals surface area contributed by atoms with Gasteiger partial charge in [0.15, 0.2) is 0 Å². The summed E-state index contributed by atoms with van der Waals surface area (Å²) in [7, 11) is 1.85. The van der Waals surface area contributed by atoms with Crippen LogP contribution in [0, 0.1) is 0 Å². The van der Waals surface area contributed by atoms with Gasteiger partial charge in [0.25, 0.3) is 0 Å². The number of phenolic OH excluding ortho intramolecular Hbond substituents is 1. The zero-order chi connectivity index (χ0) is 15.3. The van der Waals surface area contributed by atoms with Crippen molar-refractivity contribution in [3.63, 3.8) is 0 Å². The molecule has 1 atom stereocenters. The van der Waals surface area contributed by atoms with Gasteiger partial charge in [-0.2, -0.15) is 0 Å². The third-order valence-electron chi connectivity index (χ3n) is 4.30. The van der Waals surface area contributed by atoms with Crippen molar-refractivity contribution in [2.45, 2.75) is 6.04 Å². The Balaban J connectivity index is 1.94. The number of hydrogen-bond donors (Lipinski definition) is 2. The molecule has 22 heavy (non-hydrogen) atoms. The summed E-state index contributed by atoms with van der Waals surface area (Å²) in [6.07, 6.45) is 0. The summed E-state index contributed by atoms with van der Waals surface area (Å²) in [4.78, 5) is 0. The summed E-state index contributed by atoms with van der Waals surface area (Å²) in [6.45, 7) is 0. The molecule has 0 radical (unpaired) electrons.